The van der Waals surface area contributed by atoms with E-state index < -0.39 is 0 Å². The summed E-state index contributed by atoms with van der Waals surface area (Å²) in [4.78, 5) is 10.9. The maximum Gasteiger partial charge on any atom is 0.140 e. The summed E-state index contributed by atoms with van der Waals surface area (Å²) in [7, 11) is 1.98. The summed E-state index contributed by atoms with van der Waals surface area (Å²) in [6.45, 7) is 0.680. The molecule has 0 fully saturated rings. The predicted octanol–water partition coefficient (Wildman–Crippen LogP) is 1.32. The summed E-state index contributed by atoms with van der Waals surface area (Å²) < 4.78 is 0. The first-order valence-corrected chi connectivity index (χ1v) is 6.72. The molecule has 1 aliphatic carbocycles. The van der Waals surface area contributed by atoms with Gasteiger partial charge in [0.2, 0.25) is 0 Å². The Morgan fingerprint density at radius 1 is 1.37 bits per heavy atom. The van der Waals surface area contributed by atoms with Crippen molar-refractivity contribution in [2.75, 3.05) is 18.5 Å². The molecule has 2 rings (SSSR count). The Morgan fingerprint density at radius 3 is 2.95 bits per heavy atom. The Hall–Kier alpha value is -1.85. The monoisotopic (exact) mass is 263 g/mol. The van der Waals surface area contributed by atoms with Crippen molar-refractivity contribution >= 4 is 11.7 Å². The van der Waals surface area contributed by atoms with E-state index in [1.807, 2.05) is 7.05 Å². The molecule has 104 valence electrons. The number of oxime groups is 1. The molecule has 0 amide bonds. The van der Waals surface area contributed by atoms with Gasteiger partial charge in [-0.2, -0.15) is 0 Å². The Balaban J connectivity index is 2.15. The van der Waals surface area contributed by atoms with Gasteiger partial charge in [0, 0.05) is 31.3 Å². The van der Waals surface area contributed by atoms with Gasteiger partial charge in [-0.1, -0.05) is 11.6 Å². The molecule has 0 radical (unpaired) electrons. The third kappa shape index (κ3) is 3.33. The minimum atomic E-state index is 0.243. The van der Waals surface area contributed by atoms with Crippen molar-refractivity contribution in [1.29, 1.82) is 0 Å². The molecule has 0 aromatic carbocycles. The van der Waals surface area contributed by atoms with Crippen LogP contribution >= 0.6 is 0 Å². The van der Waals surface area contributed by atoms with Crippen LogP contribution in [0.2, 0.25) is 0 Å². The molecule has 0 saturated heterocycles. The van der Waals surface area contributed by atoms with Gasteiger partial charge in [-0.05, 0) is 25.7 Å². The number of amidine groups is 1. The molecule has 6 heteroatoms. The Bertz CT molecular complexity index is 460. The average Bonchev–Trinajstić information content (AvgIpc) is 2.69. The van der Waals surface area contributed by atoms with Crippen LogP contribution < -0.4 is 10.6 Å². The fraction of sp³-hybridized carbons (Fsp3) is 0.615. The van der Waals surface area contributed by atoms with E-state index in [2.05, 4.69) is 20.0 Å². The van der Waals surface area contributed by atoms with E-state index in [0.717, 1.165) is 18.7 Å². The lowest BCUT2D eigenvalue weighted by atomic mass is 10.1. The molecule has 0 aliphatic heterocycles. The summed E-state index contributed by atoms with van der Waals surface area (Å²) in [5, 5.41) is 11.6. The van der Waals surface area contributed by atoms with Gasteiger partial charge in [0.15, 0.2) is 0 Å². The van der Waals surface area contributed by atoms with E-state index in [9.17, 15) is 0 Å². The molecule has 0 saturated carbocycles. The van der Waals surface area contributed by atoms with Crippen molar-refractivity contribution in [3.63, 3.8) is 0 Å². The van der Waals surface area contributed by atoms with E-state index in [1.165, 1.54) is 30.5 Å². The van der Waals surface area contributed by atoms with Gasteiger partial charge in [0.05, 0.1) is 0 Å². The van der Waals surface area contributed by atoms with Crippen LogP contribution in [0.5, 0.6) is 0 Å². The number of hydrogen-bond donors (Lipinski definition) is 2. The van der Waals surface area contributed by atoms with Crippen molar-refractivity contribution in [2.45, 2.75) is 38.5 Å². The fourth-order valence-electron chi connectivity index (χ4n) is 2.45. The first-order valence-electron chi connectivity index (χ1n) is 6.72. The second kappa shape index (κ2) is 6.36. The molecule has 0 unspecified atom stereocenters. The van der Waals surface area contributed by atoms with E-state index in [1.54, 1.807) is 6.33 Å². The third-order valence-electron chi connectivity index (χ3n) is 3.55. The first kappa shape index (κ1) is 13.6. The molecule has 1 aromatic rings. The van der Waals surface area contributed by atoms with E-state index in [-0.39, 0.29) is 5.84 Å². The van der Waals surface area contributed by atoms with Crippen LogP contribution in [0.1, 0.15) is 36.9 Å². The van der Waals surface area contributed by atoms with Gasteiger partial charge in [-0.25, -0.2) is 9.97 Å². The highest BCUT2D eigenvalue weighted by Crippen LogP contribution is 2.25. The number of hydrogen-bond acceptors (Lipinski definition) is 5. The van der Waals surface area contributed by atoms with E-state index in [0.29, 0.717) is 13.0 Å². The molecule has 6 nitrogen and oxygen atoms in total. The number of aromatic nitrogens is 2. The zero-order valence-electron chi connectivity index (χ0n) is 11.3. The number of anilines is 1. The molecule has 0 spiro atoms. The van der Waals surface area contributed by atoms with E-state index in [4.69, 9.17) is 10.9 Å². The molecule has 1 heterocycles. The number of nitrogens with two attached hydrogens (primary N) is 1. The van der Waals surface area contributed by atoms with Gasteiger partial charge in [0.25, 0.3) is 0 Å². The molecule has 1 aliphatic rings. The van der Waals surface area contributed by atoms with Crippen LogP contribution in [-0.4, -0.2) is 34.6 Å². The van der Waals surface area contributed by atoms with Crippen LogP contribution in [0.15, 0.2) is 11.5 Å². The minimum Gasteiger partial charge on any atom is -0.409 e. The summed E-state index contributed by atoms with van der Waals surface area (Å²) >= 11 is 0. The SMILES string of the molecule is CN(CCC(N)=NO)c1ncnc2c1CCCCC2. The number of fused-ring (bicyclic) bond motifs is 1. The number of rotatable bonds is 4. The smallest absolute Gasteiger partial charge is 0.140 e. The second-order valence-corrected chi connectivity index (χ2v) is 4.95. The van der Waals surface area contributed by atoms with Gasteiger partial charge in [-0.3, -0.25) is 0 Å². The Kier molecular flexibility index (Phi) is 4.54. The summed E-state index contributed by atoms with van der Waals surface area (Å²) in [6, 6.07) is 0. The zero-order chi connectivity index (χ0) is 13.7. The quantitative estimate of drug-likeness (QED) is 0.281. The van der Waals surface area contributed by atoms with Crippen LogP contribution in [-0.2, 0) is 12.8 Å². The van der Waals surface area contributed by atoms with Gasteiger partial charge in [-0.15, -0.1) is 0 Å². The molecule has 0 atom stereocenters. The highest BCUT2D eigenvalue weighted by molar-refractivity contribution is 5.80. The highest BCUT2D eigenvalue weighted by atomic mass is 16.4. The van der Waals surface area contributed by atoms with Crippen LogP contribution in [0.3, 0.4) is 0 Å². The summed E-state index contributed by atoms with van der Waals surface area (Å²) in [5.41, 5.74) is 7.95. The van der Waals surface area contributed by atoms with Crippen molar-refractivity contribution in [3.8, 4) is 0 Å². The Morgan fingerprint density at radius 2 is 2.16 bits per heavy atom. The number of aryl methyl sites for hydroxylation is 1. The highest BCUT2D eigenvalue weighted by Gasteiger charge is 2.16. The van der Waals surface area contributed by atoms with Crippen LogP contribution in [0.25, 0.3) is 0 Å². The van der Waals surface area contributed by atoms with Crippen molar-refractivity contribution in [2.24, 2.45) is 10.9 Å². The van der Waals surface area contributed by atoms with Gasteiger partial charge >= 0.3 is 0 Å². The molecular weight excluding hydrogens is 242 g/mol. The molecule has 3 N–H and O–H groups in total. The van der Waals surface area contributed by atoms with Crippen LogP contribution in [0, 0.1) is 0 Å². The third-order valence-corrected chi connectivity index (χ3v) is 3.55. The maximum absolute atomic E-state index is 8.57. The molecule has 1 aromatic heterocycles. The minimum absolute atomic E-state index is 0.243. The lowest BCUT2D eigenvalue weighted by Gasteiger charge is -2.21. The molecular formula is C13H21N5O. The fourth-order valence-corrected chi connectivity index (χ4v) is 2.45. The standard InChI is InChI=1S/C13H21N5O/c1-18(8-7-12(14)17-19)13-10-5-3-2-4-6-11(10)15-9-16-13/h9,19H,2-8H2,1H3,(H2,14,17). The van der Waals surface area contributed by atoms with Gasteiger partial charge in [0.1, 0.15) is 18.0 Å². The van der Waals surface area contributed by atoms with Crippen molar-refractivity contribution in [3.05, 3.63) is 17.6 Å². The van der Waals surface area contributed by atoms with Gasteiger partial charge < -0.3 is 15.8 Å². The van der Waals surface area contributed by atoms with E-state index >= 15 is 0 Å². The second-order valence-electron chi connectivity index (χ2n) is 4.95. The maximum atomic E-state index is 8.57. The largest absolute Gasteiger partial charge is 0.409 e. The lowest BCUT2D eigenvalue weighted by Crippen LogP contribution is -2.26. The lowest BCUT2D eigenvalue weighted by molar-refractivity contribution is 0.317. The first-order chi connectivity index (χ1) is 9.22. The summed E-state index contributed by atoms with van der Waals surface area (Å²) in [6.07, 6.45) is 7.89. The molecule has 0 bridgehead atoms. The van der Waals surface area contributed by atoms with Crippen molar-refractivity contribution < 1.29 is 5.21 Å². The number of nitrogens with zero attached hydrogens (tertiary/aromatic N) is 4. The van der Waals surface area contributed by atoms with Crippen LogP contribution in [0.4, 0.5) is 5.82 Å². The zero-order valence-corrected chi connectivity index (χ0v) is 11.3. The predicted molar refractivity (Wildman–Crippen MR) is 74.6 cm³/mol. The van der Waals surface area contributed by atoms with Crippen molar-refractivity contribution in [1.82, 2.24) is 9.97 Å². The average molecular weight is 263 g/mol. The molecule has 19 heavy (non-hydrogen) atoms. The topological polar surface area (TPSA) is 87.6 Å². The summed E-state index contributed by atoms with van der Waals surface area (Å²) in [5.74, 6) is 1.23. The normalized spacial score (nSPS) is 15.7. The Labute approximate surface area is 113 Å².